The molecule has 1 aliphatic rings. The average molecular weight is 397 g/mol. The Kier molecular flexibility index (Phi) is 6.99. The number of hydrogen-bond donors (Lipinski definition) is 1. The first-order valence-electron chi connectivity index (χ1n) is 9.50. The van der Waals surface area contributed by atoms with Gasteiger partial charge < -0.3 is 0 Å². The fourth-order valence-corrected chi connectivity index (χ4v) is 3.34. The standard InChI is InChI=1S/C20H23N5O4/c26-24(27)18-7-3-16(4-8-18)15-21-11-1-13-23-14-2-12-22-20(23)17-5-9-19(10-6-17)25(28)29/h3-10,15,20,22H,1-2,11-14H2/t20-/m1/s1. The molecule has 0 unspecified atom stereocenters. The summed E-state index contributed by atoms with van der Waals surface area (Å²) in [6.45, 7) is 3.38. The number of nitro benzene ring substituents is 2. The van der Waals surface area contributed by atoms with Crippen molar-refractivity contribution in [1.29, 1.82) is 0 Å². The largest absolute Gasteiger partial charge is 0.298 e. The van der Waals surface area contributed by atoms with Crippen LogP contribution in [-0.4, -0.2) is 47.1 Å². The van der Waals surface area contributed by atoms with Crippen molar-refractivity contribution in [2.45, 2.75) is 19.0 Å². The van der Waals surface area contributed by atoms with E-state index in [1.165, 1.54) is 24.3 Å². The molecular weight excluding hydrogens is 374 g/mol. The van der Waals surface area contributed by atoms with Crippen molar-refractivity contribution in [2.75, 3.05) is 26.2 Å². The Labute approximate surface area is 168 Å². The van der Waals surface area contributed by atoms with Gasteiger partial charge in [0.05, 0.1) is 16.0 Å². The zero-order chi connectivity index (χ0) is 20.6. The van der Waals surface area contributed by atoms with Crippen LogP contribution in [-0.2, 0) is 0 Å². The molecule has 9 heteroatoms. The van der Waals surface area contributed by atoms with Gasteiger partial charge in [-0.3, -0.25) is 35.4 Å². The molecule has 0 saturated carbocycles. The normalized spacial score (nSPS) is 17.4. The topological polar surface area (TPSA) is 114 Å². The zero-order valence-corrected chi connectivity index (χ0v) is 15.9. The van der Waals surface area contributed by atoms with Gasteiger partial charge in [0.25, 0.3) is 11.4 Å². The summed E-state index contributed by atoms with van der Waals surface area (Å²) in [4.78, 5) is 27.4. The Bertz CT molecular complexity index is 867. The zero-order valence-electron chi connectivity index (χ0n) is 15.9. The minimum absolute atomic E-state index is 0.0446. The van der Waals surface area contributed by atoms with E-state index >= 15 is 0 Å². The second-order valence-electron chi connectivity index (χ2n) is 6.83. The maximum Gasteiger partial charge on any atom is 0.269 e. The van der Waals surface area contributed by atoms with Crippen molar-refractivity contribution >= 4 is 17.6 Å². The molecule has 1 heterocycles. The molecule has 2 aromatic carbocycles. The predicted octanol–water partition coefficient (Wildman–Crippen LogP) is 3.31. The molecule has 0 amide bonds. The van der Waals surface area contributed by atoms with Crippen LogP contribution in [0.2, 0.25) is 0 Å². The van der Waals surface area contributed by atoms with Crippen molar-refractivity contribution in [3.63, 3.8) is 0 Å². The van der Waals surface area contributed by atoms with Crippen LogP contribution in [0.4, 0.5) is 11.4 Å². The number of nitrogens with zero attached hydrogens (tertiary/aromatic N) is 4. The van der Waals surface area contributed by atoms with Crippen LogP contribution in [0.1, 0.15) is 30.1 Å². The Balaban J connectivity index is 1.51. The van der Waals surface area contributed by atoms with Crippen LogP contribution in [0, 0.1) is 20.2 Å². The van der Waals surface area contributed by atoms with Gasteiger partial charge in [-0.2, -0.15) is 0 Å². The first-order chi connectivity index (χ1) is 14.0. The van der Waals surface area contributed by atoms with E-state index < -0.39 is 9.85 Å². The fourth-order valence-electron chi connectivity index (χ4n) is 3.34. The van der Waals surface area contributed by atoms with Gasteiger partial charge in [-0.1, -0.05) is 0 Å². The van der Waals surface area contributed by atoms with Crippen LogP contribution < -0.4 is 5.32 Å². The number of nitro groups is 2. The molecule has 3 rings (SSSR count). The Morgan fingerprint density at radius 3 is 2.28 bits per heavy atom. The highest BCUT2D eigenvalue weighted by atomic mass is 16.6. The maximum absolute atomic E-state index is 10.8. The number of rotatable bonds is 8. The summed E-state index contributed by atoms with van der Waals surface area (Å²) in [5, 5.41) is 25.0. The van der Waals surface area contributed by atoms with E-state index in [2.05, 4.69) is 15.2 Å². The van der Waals surface area contributed by atoms with E-state index in [4.69, 9.17) is 0 Å². The quantitative estimate of drug-likeness (QED) is 0.316. The Morgan fingerprint density at radius 1 is 1.03 bits per heavy atom. The molecule has 0 radical (unpaired) electrons. The summed E-state index contributed by atoms with van der Waals surface area (Å²) >= 11 is 0. The Hall–Kier alpha value is -3.17. The monoisotopic (exact) mass is 397 g/mol. The molecule has 1 aliphatic heterocycles. The van der Waals surface area contributed by atoms with E-state index in [1.807, 2.05) is 0 Å². The lowest BCUT2D eigenvalue weighted by Crippen LogP contribution is -2.45. The van der Waals surface area contributed by atoms with Crippen molar-refractivity contribution in [3.8, 4) is 0 Å². The van der Waals surface area contributed by atoms with E-state index in [9.17, 15) is 20.2 Å². The maximum atomic E-state index is 10.8. The smallest absolute Gasteiger partial charge is 0.269 e. The third kappa shape index (κ3) is 5.66. The molecule has 1 N–H and O–H groups in total. The summed E-state index contributed by atoms with van der Waals surface area (Å²) in [6, 6.07) is 13.0. The number of nitrogens with one attached hydrogen (secondary N) is 1. The summed E-state index contributed by atoms with van der Waals surface area (Å²) in [7, 11) is 0. The summed E-state index contributed by atoms with van der Waals surface area (Å²) in [5.41, 5.74) is 2.01. The minimum atomic E-state index is -0.422. The lowest BCUT2D eigenvalue weighted by atomic mass is 10.1. The van der Waals surface area contributed by atoms with E-state index in [0.717, 1.165) is 43.6 Å². The number of benzene rings is 2. The van der Waals surface area contributed by atoms with E-state index in [0.29, 0.717) is 6.54 Å². The molecule has 0 aromatic heterocycles. The summed E-state index contributed by atoms with van der Waals surface area (Å²) < 4.78 is 0. The van der Waals surface area contributed by atoms with Gasteiger partial charge in [0, 0.05) is 50.1 Å². The fraction of sp³-hybridized carbons (Fsp3) is 0.350. The molecule has 0 aliphatic carbocycles. The van der Waals surface area contributed by atoms with Gasteiger partial charge in [0.15, 0.2) is 0 Å². The third-order valence-corrected chi connectivity index (χ3v) is 4.82. The molecule has 9 nitrogen and oxygen atoms in total. The van der Waals surface area contributed by atoms with Gasteiger partial charge in [-0.15, -0.1) is 0 Å². The van der Waals surface area contributed by atoms with Gasteiger partial charge in [0.1, 0.15) is 0 Å². The van der Waals surface area contributed by atoms with Crippen molar-refractivity contribution < 1.29 is 9.85 Å². The molecule has 0 spiro atoms. The third-order valence-electron chi connectivity index (χ3n) is 4.82. The first-order valence-corrected chi connectivity index (χ1v) is 9.50. The predicted molar refractivity (Wildman–Crippen MR) is 110 cm³/mol. The van der Waals surface area contributed by atoms with Crippen molar-refractivity contribution in [1.82, 2.24) is 10.2 Å². The van der Waals surface area contributed by atoms with Gasteiger partial charge in [0.2, 0.25) is 0 Å². The van der Waals surface area contributed by atoms with Gasteiger partial charge in [-0.25, -0.2) is 0 Å². The van der Waals surface area contributed by atoms with Crippen LogP contribution in [0.5, 0.6) is 0 Å². The average Bonchev–Trinajstić information content (AvgIpc) is 2.74. The number of non-ortho nitro benzene ring substituents is 2. The molecule has 2 aromatic rings. The second-order valence-corrected chi connectivity index (χ2v) is 6.83. The summed E-state index contributed by atoms with van der Waals surface area (Å²) in [6.07, 6.45) is 3.69. The minimum Gasteiger partial charge on any atom is -0.298 e. The number of hydrogen-bond acceptors (Lipinski definition) is 7. The highest BCUT2D eigenvalue weighted by Crippen LogP contribution is 2.23. The van der Waals surface area contributed by atoms with Crippen molar-refractivity contribution in [2.24, 2.45) is 4.99 Å². The van der Waals surface area contributed by atoms with Crippen LogP contribution in [0.15, 0.2) is 53.5 Å². The Morgan fingerprint density at radius 2 is 1.66 bits per heavy atom. The second kappa shape index (κ2) is 9.85. The SMILES string of the molecule is O=[N+]([O-])c1ccc(C=NCCCN2CCCN[C@H]2c2ccc([N+](=O)[O-])cc2)cc1. The number of aliphatic imine (C=N–C) groups is 1. The first kappa shape index (κ1) is 20.6. The van der Waals surface area contributed by atoms with E-state index in [1.54, 1.807) is 30.5 Å². The molecule has 1 saturated heterocycles. The molecule has 29 heavy (non-hydrogen) atoms. The highest BCUT2D eigenvalue weighted by Gasteiger charge is 2.23. The van der Waals surface area contributed by atoms with Crippen LogP contribution >= 0.6 is 0 Å². The summed E-state index contributed by atoms with van der Waals surface area (Å²) in [5.74, 6) is 0. The molecule has 152 valence electrons. The lowest BCUT2D eigenvalue weighted by Gasteiger charge is -2.36. The van der Waals surface area contributed by atoms with Crippen LogP contribution in [0.25, 0.3) is 0 Å². The highest BCUT2D eigenvalue weighted by molar-refractivity contribution is 5.79. The van der Waals surface area contributed by atoms with Gasteiger partial charge >= 0.3 is 0 Å². The van der Waals surface area contributed by atoms with Crippen molar-refractivity contribution in [3.05, 3.63) is 79.9 Å². The molecular formula is C20H23N5O4. The van der Waals surface area contributed by atoms with E-state index in [-0.39, 0.29) is 17.5 Å². The lowest BCUT2D eigenvalue weighted by molar-refractivity contribution is -0.385. The molecule has 1 atom stereocenters. The van der Waals surface area contributed by atoms with Gasteiger partial charge in [-0.05, 0) is 54.8 Å². The molecule has 1 fully saturated rings. The van der Waals surface area contributed by atoms with Crippen LogP contribution in [0.3, 0.4) is 0 Å². The molecule has 0 bridgehead atoms.